The average molecular weight is 1810 g/mol. The summed E-state index contributed by atoms with van der Waals surface area (Å²) in [4.78, 5) is 236. The molecule has 3 aliphatic heterocycles. The van der Waals surface area contributed by atoms with Gasteiger partial charge in [-0.05, 0) is 119 Å². The summed E-state index contributed by atoms with van der Waals surface area (Å²) in [6.45, 7) is 4.62. The molecular weight excluding hydrogens is 1710 g/mol. The lowest BCUT2D eigenvalue weighted by Crippen LogP contribution is -2.55. The first kappa shape index (κ1) is 96.4. The van der Waals surface area contributed by atoms with Crippen LogP contribution in [0.1, 0.15) is 159 Å². The second kappa shape index (κ2) is 46.4. The highest BCUT2D eigenvalue weighted by atomic mass is 33.1. The van der Waals surface area contributed by atoms with Gasteiger partial charge in [0.25, 0.3) is 23.3 Å². The molecule has 6 heterocycles. The number of carboxylic acid groups (broad SMARTS) is 3. The lowest BCUT2D eigenvalue weighted by Gasteiger charge is -2.43. The van der Waals surface area contributed by atoms with Gasteiger partial charge in [0.2, 0.25) is 59.2 Å². The number of rotatable bonds is 45. The zero-order valence-electron chi connectivity index (χ0n) is 70.7. The molecular formula is C83H101N21O22S2. The number of aromatic nitrogens is 6. The highest BCUT2D eigenvalue weighted by molar-refractivity contribution is 8.77. The molecule has 682 valence electrons. The van der Waals surface area contributed by atoms with E-state index in [1.807, 2.05) is 6.92 Å². The Morgan fingerprint density at radius 1 is 0.750 bits per heavy atom. The molecule has 7 atom stereocenters. The fraction of sp³-hybridized carbons (Fsp3) is 0.458. The number of nitrogens with two attached hydrogens (primary N) is 1. The van der Waals surface area contributed by atoms with Crippen LogP contribution in [0.25, 0.3) is 11.2 Å². The van der Waals surface area contributed by atoms with E-state index in [1.54, 1.807) is 80.5 Å². The van der Waals surface area contributed by atoms with Crippen molar-refractivity contribution in [1.29, 1.82) is 0 Å². The van der Waals surface area contributed by atoms with Crippen molar-refractivity contribution < 1.29 is 101 Å². The number of fused-ring (bicyclic) bond motifs is 3. The highest BCUT2D eigenvalue weighted by Gasteiger charge is 2.43. The third kappa shape index (κ3) is 26.9. The van der Waals surface area contributed by atoms with E-state index in [4.69, 9.17) is 24.9 Å². The molecule has 10 rings (SSSR count). The number of amides is 12. The molecule has 1 aliphatic carbocycles. The SMILES string of the molecule is CC[C@@H]1C(=O)N(C)c2cnc(Nc3ccc(C(=O)NCCCOCCCN(CCC#Cc4cccc5c4CN(C4CCC(=O)NC4=O)C5=O)C(=O)OC(C)C(C)SSC[C@@H](NC(=O)CNC(=O)[C@@H](CC(=O)O)NC(=O)CNC(=O)[C@@H](CC(=O)O)NC(=O)CCCNC(=O)c4ccc(NCc5cnc6nc(N)[nH]c(=O)c6n5)cc4)C(=O)O)cc3OC)nc2N1C1CCCC1. The molecule has 128 heavy (non-hydrogen) atoms. The Kier molecular flexibility index (Phi) is 35.0. The van der Waals surface area contributed by atoms with Gasteiger partial charge in [0.15, 0.2) is 17.0 Å². The number of H-pyrrole nitrogens is 1. The van der Waals surface area contributed by atoms with Gasteiger partial charge in [0, 0.05) is 117 Å². The number of imide groups is 1. The predicted molar refractivity (Wildman–Crippen MR) is 466 cm³/mol. The molecule has 0 spiro atoms. The maximum atomic E-state index is 14.1. The molecule has 6 aromatic rings. The smallest absolute Gasteiger partial charge is 0.410 e. The van der Waals surface area contributed by atoms with Crippen LogP contribution < -0.4 is 79.0 Å². The van der Waals surface area contributed by atoms with Crippen molar-refractivity contribution in [1.82, 2.24) is 82.2 Å². The van der Waals surface area contributed by atoms with E-state index in [1.165, 1.54) is 35.2 Å². The number of nitrogen functional groups attached to an aromatic ring is 1. The Morgan fingerprint density at radius 2 is 1.41 bits per heavy atom. The monoisotopic (exact) mass is 1810 g/mol. The maximum absolute atomic E-state index is 14.1. The topological polar surface area (TPSA) is 601 Å². The Labute approximate surface area is 741 Å². The number of methoxy groups -OCH3 is 1. The van der Waals surface area contributed by atoms with Crippen LogP contribution in [0.2, 0.25) is 0 Å². The number of hydrogen-bond donors (Lipinski definition) is 15. The maximum Gasteiger partial charge on any atom is 0.410 e. The Morgan fingerprint density at radius 3 is 2.09 bits per heavy atom. The van der Waals surface area contributed by atoms with Crippen molar-refractivity contribution in [3.8, 4) is 17.6 Å². The summed E-state index contributed by atoms with van der Waals surface area (Å²) in [6, 6.07) is 10.1. The highest BCUT2D eigenvalue weighted by Crippen LogP contribution is 2.41. The van der Waals surface area contributed by atoms with Crippen molar-refractivity contribution in [2.75, 3.05) is 98.6 Å². The van der Waals surface area contributed by atoms with Crippen LogP contribution in [0.15, 0.2) is 77.9 Å². The van der Waals surface area contributed by atoms with Gasteiger partial charge in [-0.25, -0.2) is 24.5 Å². The van der Waals surface area contributed by atoms with E-state index in [9.17, 15) is 92.0 Å². The lowest BCUT2D eigenvalue weighted by atomic mass is 10.0. The summed E-state index contributed by atoms with van der Waals surface area (Å²) < 4.78 is 17.6. The van der Waals surface area contributed by atoms with E-state index in [2.05, 4.69) is 94.8 Å². The third-order valence-electron chi connectivity index (χ3n) is 21.1. The van der Waals surface area contributed by atoms with Crippen LogP contribution in [0.5, 0.6) is 5.75 Å². The molecule has 2 fully saturated rings. The van der Waals surface area contributed by atoms with Gasteiger partial charge < -0.3 is 103 Å². The molecule has 3 aromatic heterocycles. The zero-order chi connectivity index (χ0) is 92.3. The van der Waals surface area contributed by atoms with Crippen LogP contribution in [-0.2, 0) is 75.3 Å². The van der Waals surface area contributed by atoms with Gasteiger partial charge in [-0.2, -0.15) is 9.97 Å². The zero-order valence-corrected chi connectivity index (χ0v) is 72.4. The van der Waals surface area contributed by atoms with Gasteiger partial charge in [-0.15, -0.1) is 0 Å². The van der Waals surface area contributed by atoms with Crippen molar-refractivity contribution in [2.24, 2.45) is 0 Å². The van der Waals surface area contributed by atoms with Gasteiger partial charge >= 0.3 is 24.0 Å². The standard InChI is InChI=1S/C83H101N21O22S2/c1-6-59-79(120)101(4)61-40-91-82(99-71(61)104(59)52-17-7-8-18-52)96-55-26-23-49(35-62(55)124-5)73(114)86-30-13-33-125-34-14-32-102(31-10-9-15-47-16-11-19-53-54(47)43-103(78(53)119)60-27-28-64(106)97-76(60)117)83(123)126-45(2)46(3)128-127-44-58(80(121)122)95-66(108)42-90-75(116)57(37-68(111)112)94-65(107)41-89-74(115)56(36-67(109)110)93-63(105)20-12-29-85-72(113)48-21-24-50(25-22-48)87-38-51-39-88-70-69(92-51)77(118)100-81(84)98-70/h11,16,19,21-26,35,39-40,45-46,52,56-60,87H,6-8,10,12-14,17-18,20,27-34,36-38,41-44H2,1-5H3,(H,85,113)(H,86,114)(H,89,115)(H,90,116)(H,93,105)(H,94,107)(H,95,108)(H,109,110)(H,111,112)(H,121,122)(H,91,96,99)(H,97,106,117)(H3,84,88,98,100,118)/t45?,46?,56-,57-,58-,59-,60?/m1/s1. The number of carboxylic acids is 3. The van der Waals surface area contributed by atoms with E-state index >= 15 is 0 Å². The number of aromatic amines is 1. The molecule has 1 saturated heterocycles. The van der Waals surface area contributed by atoms with Gasteiger partial charge in [-0.3, -0.25) is 77.4 Å². The summed E-state index contributed by atoms with van der Waals surface area (Å²) in [7, 11) is 5.36. The molecule has 4 aliphatic rings. The minimum absolute atomic E-state index is 0.00112. The molecule has 12 amide bonds. The molecule has 3 aromatic carbocycles. The van der Waals surface area contributed by atoms with E-state index in [-0.39, 0.29) is 143 Å². The number of aliphatic carboxylic acids is 3. The number of ether oxygens (including phenoxy) is 3. The third-order valence-corrected chi connectivity index (χ3v) is 24.1. The second-order valence-corrected chi connectivity index (χ2v) is 33.0. The number of anilines is 6. The fourth-order valence-corrected chi connectivity index (χ4v) is 16.9. The van der Waals surface area contributed by atoms with Crippen LogP contribution in [0.3, 0.4) is 0 Å². The Bertz CT molecular complexity index is 5280. The van der Waals surface area contributed by atoms with Crippen LogP contribution >= 0.6 is 21.6 Å². The number of piperidine rings is 1. The molecule has 3 unspecified atom stereocenters. The number of nitrogens with one attached hydrogen (secondary N) is 11. The number of benzene rings is 3. The summed E-state index contributed by atoms with van der Waals surface area (Å²) in [5, 5.41) is 53.8. The van der Waals surface area contributed by atoms with Crippen LogP contribution in [-0.4, -0.2) is 264 Å². The van der Waals surface area contributed by atoms with Crippen LogP contribution in [0.4, 0.5) is 39.6 Å². The molecule has 43 nitrogen and oxygen atoms in total. The van der Waals surface area contributed by atoms with Gasteiger partial charge in [0.05, 0.1) is 63.4 Å². The van der Waals surface area contributed by atoms with Crippen molar-refractivity contribution in [2.45, 2.75) is 171 Å². The minimum Gasteiger partial charge on any atom is -0.495 e. The van der Waals surface area contributed by atoms with E-state index in [0.717, 1.165) is 47.3 Å². The summed E-state index contributed by atoms with van der Waals surface area (Å²) in [6.07, 6.45) is 5.15. The molecule has 16 N–H and O–H groups in total. The summed E-state index contributed by atoms with van der Waals surface area (Å²) >= 11 is 0. The van der Waals surface area contributed by atoms with E-state index < -0.39 is 138 Å². The molecule has 0 bridgehead atoms. The Balaban J connectivity index is 0.646. The quantitative estimate of drug-likeness (QED) is 0.0113. The average Bonchev–Trinajstić information content (AvgIpc) is 1.69. The number of likely N-dealkylation sites (N-methyl/N-ethyl adjacent to an activating group) is 1. The number of carbonyl (C=O) groups is 15. The summed E-state index contributed by atoms with van der Waals surface area (Å²) in [5.41, 5.74) is 9.37. The largest absolute Gasteiger partial charge is 0.495 e. The lowest BCUT2D eigenvalue weighted by molar-refractivity contribution is -0.142. The first-order valence-corrected chi connectivity index (χ1v) is 43.7. The van der Waals surface area contributed by atoms with Crippen LogP contribution in [0, 0.1) is 11.8 Å². The predicted octanol–water partition coefficient (Wildman–Crippen LogP) is 2.21. The van der Waals surface area contributed by atoms with Crippen molar-refractivity contribution in [3.63, 3.8) is 0 Å². The second-order valence-electron chi connectivity index (χ2n) is 30.2. The first-order valence-electron chi connectivity index (χ1n) is 41.3. The molecule has 1 saturated carbocycles. The Hall–Kier alpha value is -13.8. The number of hydrogen-bond acceptors (Lipinski definition) is 30. The van der Waals surface area contributed by atoms with Crippen molar-refractivity contribution in [3.05, 3.63) is 117 Å². The molecule has 45 heteroatoms. The fourth-order valence-electron chi connectivity index (χ4n) is 14.2. The van der Waals surface area contributed by atoms with E-state index in [0.29, 0.717) is 81.8 Å². The normalized spacial score (nSPS) is 15.8. The van der Waals surface area contributed by atoms with Crippen molar-refractivity contribution >= 4 is 157 Å². The minimum atomic E-state index is -1.87. The first-order chi connectivity index (χ1) is 61.4. The number of nitrogens with zero attached hydrogens (tertiary/aromatic N) is 9. The van der Waals surface area contributed by atoms with Gasteiger partial charge in [0.1, 0.15) is 47.8 Å². The summed E-state index contributed by atoms with van der Waals surface area (Å²) in [5.74, 6) is -4.95. The molecule has 0 radical (unpaired) electrons. The number of carbonyl (C=O) groups excluding carboxylic acids is 12. The van der Waals surface area contributed by atoms with Gasteiger partial charge in [-0.1, -0.05) is 59.3 Å².